The number of benzene rings is 2. The molecule has 134 valence electrons. The fraction of sp³-hybridized carbons (Fsp3) is 0.381. The van der Waals surface area contributed by atoms with Crippen molar-refractivity contribution in [2.75, 3.05) is 37.9 Å². The molecular formula is C21H29N3O. The largest absolute Gasteiger partial charge is 0.378 e. The van der Waals surface area contributed by atoms with Gasteiger partial charge < -0.3 is 10.2 Å². The summed E-state index contributed by atoms with van der Waals surface area (Å²) in [4.78, 5) is 16.6. The van der Waals surface area contributed by atoms with Crippen LogP contribution in [0.25, 0.3) is 0 Å². The molecule has 2 aromatic carbocycles. The highest BCUT2D eigenvalue weighted by molar-refractivity contribution is 5.93. The Morgan fingerprint density at radius 2 is 1.80 bits per heavy atom. The van der Waals surface area contributed by atoms with Crippen LogP contribution in [-0.4, -0.2) is 38.5 Å². The average Bonchev–Trinajstić information content (AvgIpc) is 2.56. The predicted molar refractivity (Wildman–Crippen MR) is 106 cm³/mol. The van der Waals surface area contributed by atoms with E-state index in [4.69, 9.17) is 0 Å². The molecule has 25 heavy (non-hydrogen) atoms. The van der Waals surface area contributed by atoms with Gasteiger partial charge >= 0.3 is 0 Å². The topological polar surface area (TPSA) is 35.6 Å². The van der Waals surface area contributed by atoms with E-state index in [0.717, 1.165) is 24.2 Å². The van der Waals surface area contributed by atoms with Crippen molar-refractivity contribution in [3.63, 3.8) is 0 Å². The van der Waals surface area contributed by atoms with E-state index in [0.29, 0.717) is 6.54 Å². The maximum Gasteiger partial charge on any atom is 0.238 e. The third-order valence-corrected chi connectivity index (χ3v) is 4.30. The van der Waals surface area contributed by atoms with Crippen LogP contribution < -0.4 is 10.2 Å². The first-order chi connectivity index (χ1) is 11.9. The van der Waals surface area contributed by atoms with Gasteiger partial charge in [-0.3, -0.25) is 9.69 Å². The van der Waals surface area contributed by atoms with Gasteiger partial charge in [-0.15, -0.1) is 0 Å². The Morgan fingerprint density at radius 1 is 1.08 bits per heavy atom. The molecule has 4 nitrogen and oxygen atoms in total. The van der Waals surface area contributed by atoms with Gasteiger partial charge in [-0.25, -0.2) is 0 Å². The number of amides is 1. The zero-order valence-electron chi connectivity index (χ0n) is 16.0. The summed E-state index contributed by atoms with van der Waals surface area (Å²) >= 11 is 0. The Bertz CT molecular complexity index is 725. The van der Waals surface area contributed by atoms with Gasteiger partial charge in [-0.05, 0) is 49.2 Å². The van der Waals surface area contributed by atoms with Crippen molar-refractivity contribution in [1.82, 2.24) is 4.90 Å². The van der Waals surface area contributed by atoms with Gasteiger partial charge in [0.1, 0.15) is 0 Å². The maximum atomic E-state index is 12.4. The molecule has 0 spiro atoms. The molecule has 0 radical (unpaired) electrons. The Morgan fingerprint density at radius 3 is 2.48 bits per heavy atom. The summed E-state index contributed by atoms with van der Waals surface area (Å²) in [5.74, 6) is 0.0234. The first kappa shape index (κ1) is 19.0. The summed E-state index contributed by atoms with van der Waals surface area (Å²) in [5, 5.41) is 3.09. The second-order valence-electron chi connectivity index (χ2n) is 6.75. The lowest BCUT2D eigenvalue weighted by molar-refractivity contribution is -0.117. The summed E-state index contributed by atoms with van der Waals surface area (Å²) in [6.45, 7) is 5.24. The van der Waals surface area contributed by atoms with E-state index in [1.54, 1.807) is 0 Å². The predicted octanol–water partition coefficient (Wildman–Crippen LogP) is 3.69. The van der Waals surface area contributed by atoms with E-state index in [9.17, 15) is 4.79 Å². The van der Waals surface area contributed by atoms with Crippen LogP contribution in [0, 0.1) is 6.92 Å². The van der Waals surface area contributed by atoms with Crippen LogP contribution in [0.15, 0.2) is 42.5 Å². The van der Waals surface area contributed by atoms with Crippen LogP contribution in [0.1, 0.15) is 23.6 Å². The molecule has 1 amide bonds. The minimum atomic E-state index is 0.0234. The van der Waals surface area contributed by atoms with E-state index in [-0.39, 0.29) is 5.91 Å². The molecule has 4 heteroatoms. The van der Waals surface area contributed by atoms with Crippen molar-refractivity contribution < 1.29 is 4.79 Å². The quantitative estimate of drug-likeness (QED) is 0.835. The molecule has 2 aromatic rings. The van der Waals surface area contributed by atoms with E-state index in [1.165, 1.54) is 16.8 Å². The minimum absolute atomic E-state index is 0.0234. The van der Waals surface area contributed by atoms with E-state index in [2.05, 4.69) is 47.5 Å². The van der Waals surface area contributed by atoms with Crippen LogP contribution in [0.3, 0.4) is 0 Å². The lowest BCUT2D eigenvalue weighted by Gasteiger charge is -2.19. The molecule has 0 atom stereocenters. The fourth-order valence-corrected chi connectivity index (χ4v) is 2.93. The highest BCUT2D eigenvalue weighted by Crippen LogP contribution is 2.21. The smallest absolute Gasteiger partial charge is 0.238 e. The van der Waals surface area contributed by atoms with E-state index < -0.39 is 0 Å². The average molecular weight is 339 g/mol. The highest BCUT2D eigenvalue weighted by atomic mass is 16.2. The van der Waals surface area contributed by atoms with Gasteiger partial charge in [0.2, 0.25) is 5.91 Å². The first-order valence-electron chi connectivity index (χ1n) is 8.73. The summed E-state index contributed by atoms with van der Waals surface area (Å²) < 4.78 is 0. The summed E-state index contributed by atoms with van der Waals surface area (Å²) in [6.07, 6.45) is 0.907. The van der Waals surface area contributed by atoms with Crippen molar-refractivity contribution in [1.29, 1.82) is 0 Å². The SMILES string of the molecule is CCc1cccc(C)c1NC(=O)CN(C)Cc1cccc(N(C)C)c1. The Kier molecular flexibility index (Phi) is 6.59. The van der Waals surface area contributed by atoms with Gasteiger partial charge in [0.05, 0.1) is 6.54 Å². The fourth-order valence-electron chi connectivity index (χ4n) is 2.93. The number of aryl methyl sites for hydroxylation is 2. The lowest BCUT2D eigenvalue weighted by Crippen LogP contribution is -2.30. The third kappa shape index (κ3) is 5.33. The van der Waals surface area contributed by atoms with Gasteiger partial charge in [-0.1, -0.05) is 37.3 Å². The Labute approximate surface area is 151 Å². The van der Waals surface area contributed by atoms with Crippen LogP contribution in [-0.2, 0) is 17.8 Å². The second-order valence-corrected chi connectivity index (χ2v) is 6.75. The number of likely N-dealkylation sites (N-methyl/N-ethyl adjacent to an activating group) is 1. The van der Waals surface area contributed by atoms with Crippen LogP contribution in [0.2, 0.25) is 0 Å². The van der Waals surface area contributed by atoms with Crippen molar-refractivity contribution in [3.05, 3.63) is 59.2 Å². The highest BCUT2D eigenvalue weighted by Gasteiger charge is 2.11. The molecule has 0 unspecified atom stereocenters. The molecule has 0 bridgehead atoms. The molecule has 0 aliphatic carbocycles. The summed E-state index contributed by atoms with van der Waals surface area (Å²) in [5.41, 5.74) is 5.61. The van der Waals surface area contributed by atoms with Gasteiger partial charge in [-0.2, -0.15) is 0 Å². The number of hydrogen-bond acceptors (Lipinski definition) is 3. The van der Waals surface area contributed by atoms with Gasteiger partial charge in [0.25, 0.3) is 0 Å². The normalized spacial score (nSPS) is 10.8. The molecule has 1 N–H and O–H groups in total. The summed E-state index contributed by atoms with van der Waals surface area (Å²) in [6, 6.07) is 14.5. The first-order valence-corrected chi connectivity index (χ1v) is 8.73. The third-order valence-electron chi connectivity index (χ3n) is 4.30. The zero-order valence-corrected chi connectivity index (χ0v) is 16.0. The Hall–Kier alpha value is -2.33. The number of carbonyl (C=O) groups is 1. The van der Waals surface area contributed by atoms with Crippen molar-refractivity contribution >= 4 is 17.3 Å². The van der Waals surface area contributed by atoms with Crippen molar-refractivity contribution in [3.8, 4) is 0 Å². The van der Waals surface area contributed by atoms with Crippen LogP contribution in [0.5, 0.6) is 0 Å². The van der Waals surface area contributed by atoms with E-state index >= 15 is 0 Å². The summed E-state index contributed by atoms with van der Waals surface area (Å²) in [7, 11) is 6.04. The molecule has 0 saturated heterocycles. The number of anilines is 2. The monoisotopic (exact) mass is 339 g/mol. The molecule has 0 saturated carbocycles. The molecule has 0 aliphatic heterocycles. The Balaban J connectivity index is 1.98. The maximum absolute atomic E-state index is 12.4. The second kappa shape index (κ2) is 8.67. The molecule has 0 fully saturated rings. The van der Waals surface area contributed by atoms with E-state index in [1.807, 2.05) is 45.1 Å². The standard InChI is InChI=1S/C21H29N3O/c1-6-18-11-7-9-16(2)21(18)22-20(25)15-24(5)14-17-10-8-12-19(13-17)23(3)4/h7-13H,6,14-15H2,1-5H3,(H,22,25). The molecule has 0 aromatic heterocycles. The molecule has 0 heterocycles. The number of nitrogens with zero attached hydrogens (tertiary/aromatic N) is 2. The minimum Gasteiger partial charge on any atom is -0.378 e. The van der Waals surface area contributed by atoms with Gasteiger partial charge in [0.15, 0.2) is 0 Å². The lowest BCUT2D eigenvalue weighted by atomic mass is 10.1. The molecular weight excluding hydrogens is 310 g/mol. The molecule has 2 rings (SSSR count). The number of rotatable bonds is 7. The number of nitrogens with one attached hydrogen (secondary N) is 1. The van der Waals surface area contributed by atoms with Crippen molar-refractivity contribution in [2.45, 2.75) is 26.8 Å². The van der Waals surface area contributed by atoms with Crippen LogP contribution >= 0.6 is 0 Å². The number of para-hydroxylation sites is 1. The number of hydrogen-bond donors (Lipinski definition) is 1. The number of carbonyl (C=O) groups excluding carboxylic acids is 1. The van der Waals surface area contributed by atoms with Gasteiger partial charge in [0, 0.05) is 32.0 Å². The zero-order chi connectivity index (χ0) is 18.4. The van der Waals surface area contributed by atoms with Crippen molar-refractivity contribution in [2.24, 2.45) is 0 Å². The van der Waals surface area contributed by atoms with Crippen LogP contribution in [0.4, 0.5) is 11.4 Å². The molecule has 0 aliphatic rings.